The van der Waals surface area contributed by atoms with E-state index in [4.69, 9.17) is 0 Å². The van der Waals surface area contributed by atoms with Gasteiger partial charge in [0.1, 0.15) is 0 Å². The molecule has 2 rings (SSSR count). The van der Waals surface area contributed by atoms with Crippen LogP contribution in [0, 0.1) is 0 Å². The summed E-state index contributed by atoms with van der Waals surface area (Å²) in [5, 5.41) is 0. The molecule has 0 aliphatic heterocycles. The number of rotatable bonds is 7. The molecule has 0 N–H and O–H groups in total. The van der Waals surface area contributed by atoms with Gasteiger partial charge in [0, 0.05) is 27.2 Å². The normalized spacial score (nSPS) is 12.7. The summed E-state index contributed by atoms with van der Waals surface area (Å²) in [6.07, 6.45) is 0. The molecule has 0 aliphatic carbocycles. The van der Waals surface area contributed by atoms with Gasteiger partial charge in [0.25, 0.3) is 0 Å². The van der Waals surface area contributed by atoms with Crippen LogP contribution in [0.5, 0.6) is 0 Å². The minimum atomic E-state index is -3.71. The highest BCUT2D eigenvalue weighted by molar-refractivity contribution is 7.89. The van der Waals surface area contributed by atoms with E-state index < -0.39 is 20.0 Å². The summed E-state index contributed by atoms with van der Waals surface area (Å²) >= 11 is 0. The summed E-state index contributed by atoms with van der Waals surface area (Å²) in [7, 11) is -4.44. The van der Waals surface area contributed by atoms with Crippen molar-refractivity contribution < 1.29 is 16.8 Å². The molecular weight excluding hydrogens is 360 g/mol. The Morgan fingerprint density at radius 3 is 1.68 bits per heavy atom. The van der Waals surface area contributed by atoms with Crippen molar-refractivity contribution in [2.24, 2.45) is 0 Å². The maximum Gasteiger partial charge on any atom is 0.243 e. The Bertz CT molecular complexity index is 907. The standard InChI is InChI=1S/C17H22N2O4S2/c1-4-19(14-15-8-6-5-7-9-15)25(22,23)17-12-10-16(11-13-17)24(20,21)18(2)3/h5-13H,4,14H2,1-3H3. The van der Waals surface area contributed by atoms with Gasteiger partial charge in [0.05, 0.1) is 9.79 Å². The molecule has 0 aromatic heterocycles. The first-order valence-corrected chi connectivity index (χ1v) is 10.6. The van der Waals surface area contributed by atoms with E-state index in [1.807, 2.05) is 30.3 Å². The quantitative estimate of drug-likeness (QED) is 0.735. The van der Waals surface area contributed by atoms with E-state index in [-0.39, 0.29) is 16.3 Å². The second-order valence-electron chi connectivity index (χ2n) is 5.68. The predicted molar refractivity (Wildman–Crippen MR) is 97.0 cm³/mol. The minimum Gasteiger partial charge on any atom is -0.207 e. The zero-order valence-electron chi connectivity index (χ0n) is 14.5. The van der Waals surface area contributed by atoms with Crippen molar-refractivity contribution in [1.82, 2.24) is 8.61 Å². The van der Waals surface area contributed by atoms with Crippen LogP contribution in [0.2, 0.25) is 0 Å². The van der Waals surface area contributed by atoms with Gasteiger partial charge in [-0.2, -0.15) is 4.31 Å². The Balaban J connectivity index is 2.32. The van der Waals surface area contributed by atoms with Crippen molar-refractivity contribution in [2.75, 3.05) is 20.6 Å². The molecule has 136 valence electrons. The van der Waals surface area contributed by atoms with Crippen LogP contribution in [0.15, 0.2) is 64.4 Å². The van der Waals surface area contributed by atoms with Crippen molar-refractivity contribution in [2.45, 2.75) is 23.3 Å². The van der Waals surface area contributed by atoms with E-state index in [0.29, 0.717) is 6.54 Å². The van der Waals surface area contributed by atoms with Gasteiger partial charge >= 0.3 is 0 Å². The molecule has 0 radical (unpaired) electrons. The average Bonchev–Trinajstić information content (AvgIpc) is 2.60. The van der Waals surface area contributed by atoms with Gasteiger partial charge in [-0.05, 0) is 29.8 Å². The lowest BCUT2D eigenvalue weighted by Gasteiger charge is -2.21. The molecule has 0 fully saturated rings. The van der Waals surface area contributed by atoms with Crippen LogP contribution >= 0.6 is 0 Å². The van der Waals surface area contributed by atoms with E-state index in [2.05, 4.69) is 0 Å². The van der Waals surface area contributed by atoms with Crippen LogP contribution in [-0.2, 0) is 26.6 Å². The van der Waals surface area contributed by atoms with E-state index in [9.17, 15) is 16.8 Å². The van der Waals surface area contributed by atoms with Gasteiger partial charge in [-0.1, -0.05) is 37.3 Å². The first-order valence-electron chi connectivity index (χ1n) is 7.76. The largest absolute Gasteiger partial charge is 0.243 e. The average molecular weight is 383 g/mol. The lowest BCUT2D eigenvalue weighted by Crippen LogP contribution is -2.30. The lowest BCUT2D eigenvalue weighted by atomic mass is 10.2. The molecule has 0 atom stereocenters. The van der Waals surface area contributed by atoms with Gasteiger partial charge in [-0.3, -0.25) is 0 Å². The van der Waals surface area contributed by atoms with Crippen LogP contribution in [0.4, 0.5) is 0 Å². The third kappa shape index (κ3) is 4.27. The van der Waals surface area contributed by atoms with Crippen molar-refractivity contribution in [3.8, 4) is 0 Å². The van der Waals surface area contributed by atoms with Crippen LogP contribution in [0.3, 0.4) is 0 Å². The van der Waals surface area contributed by atoms with E-state index in [1.54, 1.807) is 6.92 Å². The number of benzene rings is 2. The highest BCUT2D eigenvalue weighted by atomic mass is 32.2. The summed E-state index contributed by atoms with van der Waals surface area (Å²) in [6, 6.07) is 14.6. The molecule has 0 saturated carbocycles. The molecular formula is C17H22N2O4S2. The number of sulfonamides is 2. The van der Waals surface area contributed by atoms with E-state index in [0.717, 1.165) is 9.87 Å². The summed E-state index contributed by atoms with van der Waals surface area (Å²) < 4.78 is 52.3. The first-order chi connectivity index (χ1) is 11.7. The Morgan fingerprint density at radius 1 is 0.760 bits per heavy atom. The van der Waals surface area contributed by atoms with Crippen molar-refractivity contribution >= 4 is 20.0 Å². The number of hydrogen-bond acceptors (Lipinski definition) is 4. The van der Waals surface area contributed by atoms with Crippen LogP contribution in [0.25, 0.3) is 0 Å². The second kappa shape index (κ2) is 7.65. The van der Waals surface area contributed by atoms with Gasteiger partial charge < -0.3 is 0 Å². The Hall–Kier alpha value is -1.74. The van der Waals surface area contributed by atoms with Crippen LogP contribution in [-0.4, -0.2) is 46.1 Å². The van der Waals surface area contributed by atoms with Crippen molar-refractivity contribution in [3.05, 3.63) is 60.2 Å². The molecule has 2 aromatic carbocycles. The Labute approximate surface area is 149 Å². The highest BCUT2D eigenvalue weighted by Crippen LogP contribution is 2.21. The zero-order valence-corrected chi connectivity index (χ0v) is 16.1. The fourth-order valence-corrected chi connectivity index (χ4v) is 4.64. The predicted octanol–water partition coefficient (Wildman–Crippen LogP) is 2.15. The van der Waals surface area contributed by atoms with Gasteiger partial charge in [0.2, 0.25) is 20.0 Å². The fourth-order valence-electron chi connectivity index (χ4n) is 2.30. The summed E-state index contributed by atoms with van der Waals surface area (Å²) in [4.78, 5) is 0.130. The molecule has 0 bridgehead atoms. The number of hydrogen-bond donors (Lipinski definition) is 0. The molecule has 0 amide bonds. The smallest absolute Gasteiger partial charge is 0.207 e. The third-order valence-corrected chi connectivity index (χ3v) is 7.56. The zero-order chi connectivity index (χ0) is 18.7. The molecule has 6 nitrogen and oxygen atoms in total. The Kier molecular flexibility index (Phi) is 5.99. The topological polar surface area (TPSA) is 74.8 Å². The molecule has 0 unspecified atom stereocenters. The number of nitrogens with zero attached hydrogens (tertiary/aromatic N) is 2. The summed E-state index contributed by atoms with van der Waals surface area (Å²) in [6.45, 7) is 2.34. The molecule has 25 heavy (non-hydrogen) atoms. The minimum absolute atomic E-state index is 0.0579. The van der Waals surface area contributed by atoms with Crippen LogP contribution in [0.1, 0.15) is 12.5 Å². The second-order valence-corrected chi connectivity index (χ2v) is 9.77. The summed E-state index contributed by atoms with van der Waals surface area (Å²) in [5.41, 5.74) is 0.889. The SMILES string of the molecule is CCN(Cc1ccccc1)S(=O)(=O)c1ccc(S(=O)(=O)N(C)C)cc1. The van der Waals surface area contributed by atoms with Crippen LogP contribution < -0.4 is 0 Å². The highest BCUT2D eigenvalue weighted by Gasteiger charge is 2.24. The summed E-state index contributed by atoms with van der Waals surface area (Å²) in [5.74, 6) is 0. The van der Waals surface area contributed by atoms with Gasteiger partial charge in [-0.25, -0.2) is 21.1 Å². The molecule has 0 heterocycles. The van der Waals surface area contributed by atoms with Crippen molar-refractivity contribution in [3.63, 3.8) is 0 Å². The van der Waals surface area contributed by atoms with Crippen molar-refractivity contribution in [1.29, 1.82) is 0 Å². The molecule has 0 aliphatic rings. The third-order valence-electron chi connectivity index (χ3n) is 3.79. The molecule has 0 spiro atoms. The molecule has 2 aromatic rings. The Morgan fingerprint density at radius 2 is 1.24 bits per heavy atom. The fraction of sp³-hybridized carbons (Fsp3) is 0.294. The van der Waals surface area contributed by atoms with E-state index >= 15 is 0 Å². The van der Waals surface area contributed by atoms with E-state index in [1.165, 1.54) is 42.7 Å². The molecule has 8 heteroatoms. The van der Waals surface area contributed by atoms with Gasteiger partial charge in [-0.15, -0.1) is 0 Å². The monoisotopic (exact) mass is 382 g/mol. The maximum absolute atomic E-state index is 12.8. The first kappa shape index (κ1) is 19.6. The lowest BCUT2D eigenvalue weighted by molar-refractivity contribution is 0.423. The van der Waals surface area contributed by atoms with Gasteiger partial charge in [0.15, 0.2) is 0 Å². The molecule has 0 saturated heterocycles. The maximum atomic E-state index is 12.8.